The summed E-state index contributed by atoms with van der Waals surface area (Å²) in [6.45, 7) is 11.0. The van der Waals surface area contributed by atoms with Crippen LogP contribution in [-0.4, -0.2) is 72.7 Å². The molecule has 0 spiro atoms. The normalized spacial score (nSPS) is 23.2. The molecule has 1 saturated heterocycles. The second kappa shape index (κ2) is 14.2. The highest BCUT2D eigenvalue weighted by atomic mass is 32.2. The molecule has 5 atom stereocenters. The van der Waals surface area contributed by atoms with Crippen LogP contribution in [0.1, 0.15) is 58.6 Å². The van der Waals surface area contributed by atoms with Gasteiger partial charge in [-0.3, -0.25) is 19.2 Å². The standard InChI is InChI=1S/C26H36O10S/c1-14(2)20-9-8-15(3)12-21(20)31-10-11-37-26-25(35-19(7)30)24(34-18(6)29)23(33-17(5)28)22(36-26)13-32-16(4)27/h8-9,12,14,22-26H,10-11,13H2,1-7H3/t22-,23+,24+,25-,26+/m0/s1. The van der Waals surface area contributed by atoms with Crippen molar-refractivity contribution in [2.45, 2.75) is 84.2 Å². The largest absolute Gasteiger partial charge is 0.492 e. The third-order valence-electron chi connectivity index (χ3n) is 5.36. The van der Waals surface area contributed by atoms with Crippen molar-refractivity contribution in [1.29, 1.82) is 0 Å². The van der Waals surface area contributed by atoms with Crippen LogP contribution in [0.3, 0.4) is 0 Å². The number of hydrogen-bond acceptors (Lipinski definition) is 11. The molecule has 0 unspecified atom stereocenters. The lowest BCUT2D eigenvalue weighted by molar-refractivity contribution is -0.237. The fourth-order valence-electron chi connectivity index (χ4n) is 3.88. The highest BCUT2D eigenvalue weighted by molar-refractivity contribution is 7.99. The summed E-state index contributed by atoms with van der Waals surface area (Å²) in [5, 5.41) is 0. The summed E-state index contributed by atoms with van der Waals surface area (Å²) in [6.07, 6.45) is -4.40. The van der Waals surface area contributed by atoms with Gasteiger partial charge in [-0.15, -0.1) is 11.8 Å². The van der Waals surface area contributed by atoms with E-state index in [0.717, 1.165) is 16.9 Å². The van der Waals surface area contributed by atoms with Gasteiger partial charge in [-0.1, -0.05) is 26.0 Å². The van der Waals surface area contributed by atoms with Gasteiger partial charge in [0.25, 0.3) is 0 Å². The van der Waals surface area contributed by atoms with Gasteiger partial charge in [0.1, 0.15) is 23.9 Å². The molecule has 1 fully saturated rings. The van der Waals surface area contributed by atoms with Gasteiger partial charge in [-0.25, -0.2) is 0 Å². The average Bonchev–Trinajstić information content (AvgIpc) is 2.77. The summed E-state index contributed by atoms with van der Waals surface area (Å²) in [4.78, 5) is 47.1. The summed E-state index contributed by atoms with van der Waals surface area (Å²) in [5.74, 6) is -1.03. The fourth-order valence-corrected chi connectivity index (χ4v) is 4.92. The lowest BCUT2D eigenvalue weighted by Gasteiger charge is -2.44. The Labute approximate surface area is 221 Å². The molecule has 2 rings (SSSR count). The molecule has 206 valence electrons. The molecule has 0 aromatic heterocycles. The van der Waals surface area contributed by atoms with Gasteiger partial charge >= 0.3 is 23.9 Å². The minimum absolute atomic E-state index is 0.258. The van der Waals surface area contributed by atoms with Crippen LogP contribution in [0.25, 0.3) is 0 Å². The van der Waals surface area contributed by atoms with Gasteiger partial charge in [0.2, 0.25) is 0 Å². The topological polar surface area (TPSA) is 124 Å². The summed E-state index contributed by atoms with van der Waals surface area (Å²) in [5.41, 5.74) is 1.33. The van der Waals surface area contributed by atoms with Crippen LogP contribution >= 0.6 is 11.8 Å². The Balaban J connectivity index is 2.24. The van der Waals surface area contributed by atoms with Crippen LogP contribution in [0.4, 0.5) is 0 Å². The maximum atomic E-state index is 11.9. The summed E-state index contributed by atoms with van der Waals surface area (Å²) >= 11 is 1.28. The van der Waals surface area contributed by atoms with Gasteiger partial charge in [0.05, 0.1) is 6.61 Å². The number of esters is 4. The monoisotopic (exact) mass is 540 g/mol. The Hall–Kier alpha value is -2.79. The third kappa shape index (κ3) is 9.55. The number of carbonyl (C=O) groups is 4. The second-order valence-electron chi connectivity index (χ2n) is 8.98. The molecule has 0 amide bonds. The average molecular weight is 541 g/mol. The first-order chi connectivity index (χ1) is 17.4. The van der Waals surface area contributed by atoms with Gasteiger partial charge < -0.3 is 28.4 Å². The van der Waals surface area contributed by atoms with Crippen LogP contribution < -0.4 is 4.74 Å². The zero-order valence-electron chi connectivity index (χ0n) is 22.3. The smallest absolute Gasteiger partial charge is 0.303 e. The van der Waals surface area contributed by atoms with Crippen molar-refractivity contribution in [3.63, 3.8) is 0 Å². The Morgan fingerprint density at radius 2 is 1.49 bits per heavy atom. The van der Waals surface area contributed by atoms with E-state index in [1.807, 2.05) is 25.1 Å². The first-order valence-electron chi connectivity index (χ1n) is 12.0. The molecule has 0 bridgehead atoms. The Morgan fingerprint density at radius 1 is 0.892 bits per heavy atom. The van der Waals surface area contributed by atoms with E-state index in [9.17, 15) is 19.2 Å². The number of thioether (sulfide) groups is 1. The summed E-state index contributed by atoms with van der Waals surface area (Å²) < 4.78 is 33.6. The highest BCUT2D eigenvalue weighted by Crippen LogP contribution is 2.35. The number of benzene rings is 1. The first kappa shape index (κ1) is 30.4. The van der Waals surface area contributed by atoms with E-state index in [1.165, 1.54) is 39.5 Å². The molecule has 1 aliphatic rings. The number of rotatable bonds is 11. The maximum absolute atomic E-state index is 11.9. The van der Waals surface area contributed by atoms with Crippen LogP contribution in [0.5, 0.6) is 5.75 Å². The van der Waals surface area contributed by atoms with Crippen molar-refractivity contribution in [2.24, 2.45) is 0 Å². The van der Waals surface area contributed by atoms with Crippen LogP contribution in [0, 0.1) is 6.92 Å². The van der Waals surface area contributed by atoms with Gasteiger partial charge in [0.15, 0.2) is 18.3 Å². The van der Waals surface area contributed by atoms with E-state index < -0.39 is 53.7 Å². The van der Waals surface area contributed by atoms with E-state index in [2.05, 4.69) is 13.8 Å². The van der Waals surface area contributed by atoms with Crippen molar-refractivity contribution < 1.29 is 47.6 Å². The fraction of sp³-hybridized carbons (Fsp3) is 0.615. The maximum Gasteiger partial charge on any atom is 0.303 e. The van der Waals surface area contributed by atoms with Crippen molar-refractivity contribution in [2.75, 3.05) is 19.0 Å². The van der Waals surface area contributed by atoms with Gasteiger partial charge in [-0.2, -0.15) is 0 Å². The van der Waals surface area contributed by atoms with Gasteiger partial charge in [0, 0.05) is 33.4 Å². The predicted molar refractivity (Wildman–Crippen MR) is 135 cm³/mol. The summed E-state index contributed by atoms with van der Waals surface area (Å²) in [6, 6.07) is 6.06. The molecule has 0 N–H and O–H groups in total. The molecule has 10 nitrogen and oxygen atoms in total. The zero-order chi connectivity index (χ0) is 27.7. The molecule has 1 heterocycles. The van der Waals surface area contributed by atoms with Crippen molar-refractivity contribution in [1.82, 2.24) is 0 Å². The molecule has 11 heteroatoms. The Morgan fingerprint density at radius 3 is 2.05 bits per heavy atom. The zero-order valence-corrected chi connectivity index (χ0v) is 23.1. The molecule has 1 aromatic carbocycles. The van der Waals surface area contributed by atoms with E-state index in [-0.39, 0.29) is 12.5 Å². The minimum Gasteiger partial charge on any atom is -0.492 e. The molecule has 0 aliphatic carbocycles. The number of carbonyl (C=O) groups excluding carboxylic acids is 4. The predicted octanol–water partition coefficient (Wildman–Crippen LogP) is 3.31. The molecule has 1 aromatic rings. The van der Waals surface area contributed by atoms with Crippen molar-refractivity contribution in [3.05, 3.63) is 29.3 Å². The highest BCUT2D eigenvalue weighted by Gasteiger charge is 2.52. The number of aryl methyl sites for hydroxylation is 1. The molecule has 1 aliphatic heterocycles. The minimum atomic E-state index is -1.18. The quantitative estimate of drug-likeness (QED) is 0.233. The van der Waals surface area contributed by atoms with Crippen LogP contribution in [0.2, 0.25) is 0 Å². The van der Waals surface area contributed by atoms with E-state index in [0.29, 0.717) is 12.4 Å². The molecule has 0 saturated carbocycles. The van der Waals surface area contributed by atoms with E-state index in [4.69, 9.17) is 28.4 Å². The lowest BCUT2D eigenvalue weighted by Crippen LogP contribution is -2.61. The first-order valence-corrected chi connectivity index (χ1v) is 13.1. The van der Waals surface area contributed by atoms with Gasteiger partial charge in [-0.05, 0) is 30.0 Å². The lowest BCUT2D eigenvalue weighted by atomic mass is 9.99. The molecular formula is C26H36O10S. The Kier molecular flexibility index (Phi) is 11.7. The van der Waals surface area contributed by atoms with Crippen LogP contribution in [0.15, 0.2) is 18.2 Å². The van der Waals surface area contributed by atoms with E-state index >= 15 is 0 Å². The summed E-state index contributed by atoms with van der Waals surface area (Å²) in [7, 11) is 0. The van der Waals surface area contributed by atoms with Crippen molar-refractivity contribution in [3.8, 4) is 5.75 Å². The second-order valence-corrected chi connectivity index (χ2v) is 10.2. The number of ether oxygens (including phenoxy) is 6. The van der Waals surface area contributed by atoms with E-state index in [1.54, 1.807) is 0 Å². The molecular weight excluding hydrogens is 504 g/mol. The number of hydrogen-bond donors (Lipinski definition) is 0. The molecule has 37 heavy (non-hydrogen) atoms. The Bertz CT molecular complexity index is 963. The van der Waals surface area contributed by atoms with Crippen molar-refractivity contribution >= 4 is 35.6 Å². The molecule has 0 radical (unpaired) electrons. The SMILES string of the molecule is CC(=O)OC[C@@H]1O[C@H](SCCOc2cc(C)ccc2C(C)C)[C@@H](OC(C)=O)[C@H](OC(C)=O)[C@@H]1OC(C)=O. The third-order valence-corrected chi connectivity index (χ3v) is 6.47. The van der Waals surface area contributed by atoms with Crippen LogP contribution in [-0.2, 0) is 42.9 Å².